The predicted molar refractivity (Wildman–Crippen MR) is 45.9 cm³/mol. The molecule has 0 saturated carbocycles. The smallest absolute Gasteiger partial charge is 0.409 e. The first kappa shape index (κ1) is 11.7. The molecule has 0 saturated heterocycles. The van der Waals surface area contributed by atoms with Crippen molar-refractivity contribution in [1.82, 2.24) is 5.32 Å². The van der Waals surface area contributed by atoms with Gasteiger partial charge in [0.05, 0.1) is 0 Å². The molecule has 1 N–H and O–H groups in total. The van der Waals surface area contributed by atoms with Crippen LogP contribution in [-0.4, -0.2) is 25.4 Å². The van der Waals surface area contributed by atoms with Crippen LogP contribution in [0.1, 0.15) is 20.8 Å². The Morgan fingerprint density at radius 2 is 1.77 bits per heavy atom. The molecule has 0 spiro atoms. The second kappa shape index (κ2) is 5.40. The molecule has 5 nitrogen and oxygen atoms in total. The van der Waals surface area contributed by atoms with Crippen LogP contribution in [0, 0.1) is 5.92 Å². The third kappa shape index (κ3) is 5.05. The van der Waals surface area contributed by atoms with E-state index in [1.54, 1.807) is 13.8 Å². The van der Waals surface area contributed by atoms with Crippen LogP contribution in [0.5, 0.6) is 0 Å². The minimum atomic E-state index is -0.822. The molecule has 0 fully saturated rings. The Morgan fingerprint density at radius 3 is 2.08 bits per heavy atom. The summed E-state index contributed by atoms with van der Waals surface area (Å²) < 4.78 is 9.54. The number of rotatable bonds is 3. The number of nitrogens with one attached hydrogen (secondary N) is 1. The van der Waals surface area contributed by atoms with Crippen LogP contribution < -0.4 is 5.32 Å². The monoisotopic (exact) mass is 189 g/mol. The number of hydrogen-bond donors (Lipinski definition) is 1. The van der Waals surface area contributed by atoms with Gasteiger partial charge in [0.15, 0.2) is 0 Å². The number of hydrogen-bond acceptors (Lipinski definition) is 4. The third-order valence-corrected chi connectivity index (χ3v) is 1.25. The number of ether oxygens (including phenoxy) is 2. The first-order chi connectivity index (χ1) is 5.97. The van der Waals surface area contributed by atoms with E-state index in [1.165, 1.54) is 14.0 Å². The summed E-state index contributed by atoms with van der Waals surface area (Å²) in [7, 11) is 1.44. The molecule has 5 heteroatoms. The van der Waals surface area contributed by atoms with Gasteiger partial charge >= 0.3 is 12.1 Å². The Bertz CT molecular complexity index is 191. The van der Waals surface area contributed by atoms with Gasteiger partial charge in [0.1, 0.15) is 0 Å². The summed E-state index contributed by atoms with van der Waals surface area (Å²) in [4.78, 5) is 21.4. The zero-order valence-electron chi connectivity index (χ0n) is 8.29. The molecule has 13 heavy (non-hydrogen) atoms. The van der Waals surface area contributed by atoms with Crippen molar-refractivity contribution in [2.45, 2.75) is 27.1 Å². The molecular weight excluding hydrogens is 174 g/mol. The van der Waals surface area contributed by atoms with Crippen molar-refractivity contribution in [2.24, 2.45) is 5.92 Å². The van der Waals surface area contributed by atoms with E-state index in [0.29, 0.717) is 0 Å². The summed E-state index contributed by atoms with van der Waals surface area (Å²) in [6.45, 7) is 4.84. The van der Waals surface area contributed by atoms with E-state index >= 15 is 0 Å². The van der Waals surface area contributed by atoms with Crippen molar-refractivity contribution < 1.29 is 19.1 Å². The molecule has 0 aromatic heterocycles. The van der Waals surface area contributed by atoms with E-state index in [4.69, 9.17) is 9.47 Å². The maximum Gasteiger partial charge on any atom is 0.409 e. The standard InChI is InChI=1S/C8H15NO4/c1-5(2)7(12-6(3)10)13-8(11)9-4/h5,7H,1-4H3,(H,9,11). The highest BCUT2D eigenvalue weighted by Gasteiger charge is 2.20. The molecule has 1 amide bonds. The average Bonchev–Trinajstić information content (AvgIpc) is 2.02. The van der Waals surface area contributed by atoms with E-state index in [-0.39, 0.29) is 5.92 Å². The van der Waals surface area contributed by atoms with Crippen molar-refractivity contribution in [1.29, 1.82) is 0 Å². The van der Waals surface area contributed by atoms with Crippen molar-refractivity contribution in [3.05, 3.63) is 0 Å². The summed E-state index contributed by atoms with van der Waals surface area (Å²) in [6, 6.07) is 0. The van der Waals surface area contributed by atoms with Crippen molar-refractivity contribution in [3.8, 4) is 0 Å². The third-order valence-electron chi connectivity index (χ3n) is 1.25. The van der Waals surface area contributed by atoms with Crippen molar-refractivity contribution >= 4 is 12.1 Å². The van der Waals surface area contributed by atoms with E-state index in [0.717, 1.165) is 0 Å². The van der Waals surface area contributed by atoms with Gasteiger partial charge in [-0.15, -0.1) is 0 Å². The summed E-state index contributed by atoms with van der Waals surface area (Å²) in [6.07, 6.45) is -1.43. The molecule has 1 atom stereocenters. The van der Waals surface area contributed by atoms with E-state index < -0.39 is 18.4 Å². The van der Waals surface area contributed by atoms with E-state index in [2.05, 4.69) is 5.32 Å². The number of carbonyl (C=O) groups is 2. The highest BCUT2D eigenvalue weighted by atomic mass is 16.7. The molecular formula is C8H15NO4. The van der Waals surface area contributed by atoms with Crippen LogP contribution >= 0.6 is 0 Å². The first-order valence-electron chi connectivity index (χ1n) is 4.03. The van der Waals surface area contributed by atoms with E-state index in [9.17, 15) is 9.59 Å². The molecule has 1 unspecified atom stereocenters. The average molecular weight is 189 g/mol. The van der Waals surface area contributed by atoms with Gasteiger partial charge in [-0.2, -0.15) is 0 Å². The fourth-order valence-corrected chi connectivity index (χ4v) is 0.624. The Kier molecular flexibility index (Phi) is 4.87. The van der Waals surface area contributed by atoms with Gasteiger partial charge in [0.25, 0.3) is 6.29 Å². The fourth-order valence-electron chi connectivity index (χ4n) is 0.624. The number of alkyl carbamates (subject to hydrolysis) is 1. The molecule has 0 aromatic carbocycles. The second-order valence-electron chi connectivity index (χ2n) is 2.88. The number of esters is 1. The lowest BCUT2D eigenvalue weighted by atomic mass is 10.2. The lowest BCUT2D eigenvalue weighted by molar-refractivity contribution is -0.172. The van der Waals surface area contributed by atoms with Gasteiger partial charge < -0.3 is 14.8 Å². The summed E-state index contributed by atoms with van der Waals surface area (Å²) in [5.41, 5.74) is 0. The first-order valence-corrected chi connectivity index (χ1v) is 4.03. The Balaban J connectivity index is 4.09. The van der Waals surface area contributed by atoms with Crippen LogP contribution in [0.2, 0.25) is 0 Å². The predicted octanol–water partition coefficient (Wildman–Crippen LogP) is 0.888. The maximum absolute atomic E-state index is 10.8. The molecule has 0 aromatic rings. The zero-order chi connectivity index (χ0) is 10.4. The highest BCUT2D eigenvalue weighted by molar-refractivity contribution is 5.68. The molecule has 0 radical (unpaired) electrons. The largest absolute Gasteiger partial charge is 0.425 e. The Labute approximate surface area is 77.4 Å². The fraction of sp³-hybridized carbons (Fsp3) is 0.750. The van der Waals surface area contributed by atoms with Gasteiger partial charge in [-0.3, -0.25) is 4.79 Å². The molecule has 0 rings (SSSR count). The second-order valence-corrected chi connectivity index (χ2v) is 2.88. The highest BCUT2D eigenvalue weighted by Crippen LogP contribution is 2.08. The number of carbonyl (C=O) groups excluding carboxylic acids is 2. The van der Waals surface area contributed by atoms with Crippen molar-refractivity contribution in [2.75, 3.05) is 7.05 Å². The lowest BCUT2D eigenvalue weighted by Gasteiger charge is -2.19. The molecule has 0 aliphatic heterocycles. The molecule has 0 aliphatic carbocycles. The summed E-state index contributed by atoms with van der Waals surface area (Å²) >= 11 is 0. The molecule has 76 valence electrons. The van der Waals surface area contributed by atoms with Crippen LogP contribution in [-0.2, 0) is 14.3 Å². The van der Waals surface area contributed by atoms with Crippen LogP contribution in [0.25, 0.3) is 0 Å². The topological polar surface area (TPSA) is 64.6 Å². The van der Waals surface area contributed by atoms with Crippen LogP contribution in [0.3, 0.4) is 0 Å². The maximum atomic E-state index is 10.8. The van der Waals surface area contributed by atoms with Gasteiger partial charge in [-0.25, -0.2) is 4.79 Å². The lowest BCUT2D eigenvalue weighted by Crippen LogP contribution is -2.32. The normalized spacial score (nSPS) is 12.1. The Hall–Kier alpha value is -1.26. The SMILES string of the molecule is CNC(=O)OC(OC(C)=O)C(C)C. The number of amides is 1. The molecule has 0 bridgehead atoms. The van der Waals surface area contributed by atoms with E-state index in [1.807, 2.05) is 0 Å². The zero-order valence-corrected chi connectivity index (χ0v) is 8.29. The minimum absolute atomic E-state index is 0.0683. The quantitative estimate of drug-likeness (QED) is 0.529. The van der Waals surface area contributed by atoms with Gasteiger partial charge in [-0.1, -0.05) is 13.8 Å². The summed E-state index contributed by atoms with van der Waals surface area (Å²) in [5, 5.41) is 2.27. The van der Waals surface area contributed by atoms with Crippen molar-refractivity contribution in [3.63, 3.8) is 0 Å². The van der Waals surface area contributed by atoms with Gasteiger partial charge in [0.2, 0.25) is 0 Å². The van der Waals surface area contributed by atoms with Crippen LogP contribution in [0.4, 0.5) is 4.79 Å². The molecule has 0 heterocycles. The van der Waals surface area contributed by atoms with Crippen LogP contribution in [0.15, 0.2) is 0 Å². The van der Waals surface area contributed by atoms with Gasteiger partial charge in [0, 0.05) is 19.9 Å². The molecule has 0 aliphatic rings. The minimum Gasteiger partial charge on any atom is -0.425 e. The Morgan fingerprint density at radius 1 is 1.23 bits per heavy atom. The summed E-state index contributed by atoms with van der Waals surface area (Å²) in [5.74, 6) is -0.538. The van der Waals surface area contributed by atoms with Gasteiger partial charge in [-0.05, 0) is 0 Å².